The van der Waals surface area contributed by atoms with Gasteiger partial charge in [0.1, 0.15) is 5.69 Å². The summed E-state index contributed by atoms with van der Waals surface area (Å²) in [7, 11) is 0. The van der Waals surface area contributed by atoms with E-state index in [9.17, 15) is 31.1 Å². The van der Waals surface area contributed by atoms with Gasteiger partial charge in [0.2, 0.25) is 0 Å². The summed E-state index contributed by atoms with van der Waals surface area (Å²) in [5.74, 6) is -0.594. The van der Waals surface area contributed by atoms with Gasteiger partial charge in [-0.2, -0.15) is 26.3 Å². The van der Waals surface area contributed by atoms with Gasteiger partial charge < -0.3 is 4.90 Å². The highest BCUT2D eigenvalue weighted by molar-refractivity contribution is 6.34. The number of nitrogens with zero attached hydrogens (tertiary/aromatic N) is 4. The zero-order valence-electron chi connectivity index (χ0n) is 20.6. The highest BCUT2D eigenvalue weighted by Gasteiger charge is 2.37. The molecular weight excluding hydrogens is 546 g/mol. The van der Waals surface area contributed by atoms with Gasteiger partial charge in [-0.25, -0.2) is 4.68 Å². The van der Waals surface area contributed by atoms with E-state index >= 15 is 0 Å². The molecule has 0 atom stereocenters. The van der Waals surface area contributed by atoms with E-state index in [0.29, 0.717) is 28.4 Å². The lowest BCUT2D eigenvalue weighted by Gasteiger charge is -2.27. The zero-order valence-corrected chi connectivity index (χ0v) is 21.3. The van der Waals surface area contributed by atoms with Crippen molar-refractivity contribution in [1.29, 1.82) is 0 Å². The minimum Gasteiger partial charge on any atom is -0.303 e. The SMILES string of the molecule is CC(C)N(C(=O)c1nnn(Cc2cc(C(F)(F)F)cc(C(F)(F)F)c2)c1-c1ccccc1)c1ccccc1Cl. The molecule has 0 fully saturated rings. The molecule has 0 aliphatic heterocycles. The number of benzene rings is 3. The molecule has 5 nitrogen and oxygen atoms in total. The van der Waals surface area contributed by atoms with Crippen LogP contribution in [0.3, 0.4) is 0 Å². The average Bonchev–Trinajstić information content (AvgIpc) is 3.28. The summed E-state index contributed by atoms with van der Waals surface area (Å²) in [6, 6.07) is 15.9. The van der Waals surface area contributed by atoms with Gasteiger partial charge >= 0.3 is 12.4 Å². The van der Waals surface area contributed by atoms with Crippen LogP contribution in [0.1, 0.15) is 41.0 Å². The van der Waals surface area contributed by atoms with Crippen LogP contribution in [0.4, 0.5) is 32.0 Å². The lowest BCUT2D eigenvalue weighted by molar-refractivity contribution is -0.143. The molecule has 1 heterocycles. The molecule has 0 unspecified atom stereocenters. The number of para-hydroxylation sites is 1. The smallest absolute Gasteiger partial charge is 0.303 e. The van der Waals surface area contributed by atoms with Crippen LogP contribution in [0.2, 0.25) is 5.02 Å². The standard InChI is InChI=1S/C27H21ClF6N4O/c1-16(2)38(22-11-7-6-10-21(22)28)25(39)23-24(18-8-4-3-5-9-18)37(36-35-23)15-17-12-19(26(29,30)31)14-20(13-17)27(32,33)34/h3-14,16H,15H2,1-2H3. The number of hydrogen-bond donors (Lipinski definition) is 0. The Morgan fingerprint density at radius 1 is 0.897 bits per heavy atom. The molecule has 0 spiro atoms. The molecule has 0 saturated carbocycles. The van der Waals surface area contributed by atoms with Crippen molar-refractivity contribution in [3.63, 3.8) is 0 Å². The van der Waals surface area contributed by atoms with Crippen molar-refractivity contribution in [3.8, 4) is 11.3 Å². The molecule has 12 heteroatoms. The summed E-state index contributed by atoms with van der Waals surface area (Å²) in [6.07, 6.45) is -10.0. The normalized spacial score (nSPS) is 12.2. The van der Waals surface area contributed by atoms with Gasteiger partial charge in [0.25, 0.3) is 5.91 Å². The highest BCUT2D eigenvalue weighted by Crippen LogP contribution is 2.37. The molecule has 39 heavy (non-hydrogen) atoms. The molecule has 0 saturated heterocycles. The maximum absolute atomic E-state index is 13.8. The third-order valence-electron chi connectivity index (χ3n) is 5.81. The number of rotatable bonds is 6. The van der Waals surface area contributed by atoms with Gasteiger partial charge in [-0.1, -0.05) is 59.3 Å². The zero-order chi connectivity index (χ0) is 28.5. The van der Waals surface area contributed by atoms with Crippen LogP contribution >= 0.6 is 11.6 Å². The third-order valence-corrected chi connectivity index (χ3v) is 6.13. The van der Waals surface area contributed by atoms with E-state index in [0.717, 1.165) is 4.68 Å². The summed E-state index contributed by atoms with van der Waals surface area (Å²) < 4.78 is 81.7. The van der Waals surface area contributed by atoms with Gasteiger partial charge in [0.05, 0.1) is 28.4 Å². The van der Waals surface area contributed by atoms with E-state index in [-0.39, 0.29) is 29.1 Å². The van der Waals surface area contributed by atoms with Gasteiger partial charge in [0, 0.05) is 11.6 Å². The highest BCUT2D eigenvalue weighted by atomic mass is 35.5. The van der Waals surface area contributed by atoms with Crippen molar-refractivity contribution in [3.05, 3.63) is 100 Å². The van der Waals surface area contributed by atoms with Crippen LogP contribution in [0.25, 0.3) is 11.3 Å². The predicted molar refractivity (Wildman–Crippen MR) is 134 cm³/mol. The average molecular weight is 567 g/mol. The number of anilines is 1. The largest absolute Gasteiger partial charge is 0.416 e. The molecule has 204 valence electrons. The number of hydrogen-bond acceptors (Lipinski definition) is 3. The van der Waals surface area contributed by atoms with Crippen molar-refractivity contribution in [2.75, 3.05) is 4.90 Å². The summed E-state index contributed by atoms with van der Waals surface area (Å²) in [5.41, 5.74) is -2.38. The molecule has 4 rings (SSSR count). The second-order valence-corrected chi connectivity index (χ2v) is 9.35. The van der Waals surface area contributed by atoms with E-state index in [2.05, 4.69) is 10.3 Å². The number of carbonyl (C=O) groups is 1. The summed E-state index contributed by atoms with van der Waals surface area (Å²) in [5, 5.41) is 8.30. The fourth-order valence-electron chi connectivity index (χ4n) is 4.12. The summed E-state index contributed by atoms with van der Waals surface area (Å²) in [4.78, 5) is 15.2. The van der Waals surface area contributed by atoms with Gasteiger partial charge in [-0.3, -0.25) is 4.79 Å². The van der Waals surface area contributed by atoms with Gasteiger partial charge in [0.15, 0.2) is 5.69 Å². The number of aromatic nitrogens is 3. The quantitative estimate of drug-likeness (QED) is 0.224. The Balaban J connectivity index is 1.86. The Hall–Kier alpha value is -3.86. The molecule has 0 bridgehead atoms. The van der Waals surface area contributed by atoms with Crippen LogP contribution in [-0.2, 0) is 18.9 Å². The number of halogens is 7. The molecule has 0 radical (unpaired) electrons. The Labute approximate surface area is 224 Å². The van der Waals surface area contributed by atoms with Crippen molar-refractivity contribution >= 4 is 23.2 Å². The second kappa shape index (κ2) is 10.7. The fraction of sp³-hybridized carbons (Fsp3) is 0.222. The van der Waals surface area contributed by atoms with E-state index in [1.807, 2.05) is 0 Å². The Morgan fingerprint density at radius 2 is 1.46 bits per heavy atom. The first-order valence-corrected chi connectivity index (χ1v) is 12.0. The molecule has 1 amide bonds. The molecule has 0 N–H and O–H groups in total. The minimum atomic E-state index is -5.01. The number of carbonyl (C=O) groups excluding carboxylic acids is 1. The Morgan fingerprint density at radius 3 is 2.00 bits per heavy atom. The number of alkyl halides is 6. The first-order chi connectivity index (χ1) is 18.3. The lowest BCUT2D eigenvalue weighted by atomic mass is 10.0. The van der Waals surface area contributed by atoms with Crippen LogP contribution in [0.15, 0.2) is 72.8 Å². The molecule has 0 aliphatic carbocycles. The van der Waals surface area contributed by atoms with E-state index in [1.165, 1.54) is 4.90 Å². The maximum atomic E-state index is 13.8. The van der Waals surface area contributed by atoms with Crippen molar-refractivity contribution < 1.29 is 31.1 Å². The van der Waals surface area contributed by atoms with Crippen LogP contribution in [0, 0.1) is 0 Å². The van der Waals surface area contributed by atoms with E-state index < -0.39 is 35.9 Å². The van der Waals surface area contributed by atoms with E-state index in [1.54, 1.807) is 68.4 Å². The van der Waals surface area contributed by atoms with Gasteiger partial charge in [-0.05, 0) is 49.7 Å². The third kappa shape index (κ3) is 6.08. The molecule has 0 aliphatic rings. The van der Waals surface area contributed by atoms with Gasteiger partial charge in [-0.15, -0.1) is 5.10 Å². The summed E-state index contributed by atoms with van der Waals surface area (Å²) >= 11 is 6.35. The molecule has 4 aromatic rings. The fourth-order valence-corrected chi connectivity index (χ4v) is 4.34. The van der Waals surface area contributed by atoms with Crippen molar-refractivity contribution in [2.45, 2.75) is 38.8 Å². The van der Waals surface area contributed by atoms with E-state index in [4.69, 9.17) is 11.6 Å². The number of amides is 1. The monoisotopic (exact) mass is 566 g/mol. The predicted octanol–water partition coefficient (Wildman–Crippen LogP) is 7.74. The van der Waals surface area contributed by atoms with Crippen LogP contribution < -0.4 is 4.90 Å². The van der Waals surface area contributed by atoms with Crippen LogP contribution in [0.5, 0.6) is 0 Å². The first-order valence-electron chi connectivity index (χ1n) is 11.6. The van der Waals surface area contributed by atoms with Crippen LogP contribution in [-0.4, -0.2) is 26.9 Å². The molecule has 1 aromatic heterocycles. The second-order valence-electron chi connectivity index (χ2n) is 8.94. The Bertz CT molecular complexity index is 1450. The lowest BCUT2D eigenvalue weighted by Crippen LogP contribution is -2.37. The first kappa shape index (κ1) is 28.2. The minimum absolute atomic E-state index is 0.0576. The molecule has 3 aromatic carbocycles. The van der Waals surface area contributed by atoms with Crippen molar-refractivity contribution in [1.82, 2.24) is 15.0 Å². The summed E-state index contributed by atoms with van der Waals surface area (Å²) in [6.45, 7) is 3.01. The Kier molecular flexibility index (Phi) is 7.74. The maximum Gasteiger partial charge on any atom is 0.416 e. The van der Waals surface area contributed by atoms with Crippen molar-refractivity contribution in [2.24, 2.45) is 0 Å². The molecular formula is C27H21ClF6N4O. The topological polar surface area (TPSA) is 51.0 Å².